The second-order valence-corrected chi connectivity index (χ2v) is 8.04. The van der Waals surface area contributed by atoms with Crippen molar-refractivity contribution in [1.82, 2.24) is 20.0 Å². The fourth-order valence-electron chi connectivity index (χ4n) is 5.01. The lowest BCUT2D eigenvalue weighted by Crippen LogP contribution is -2.41. The molecule has 1 N–H and O–H groups in total. The quantitative estimate of drug-likeness (QED) is 0.882. The lowest BCUT2D eigenvalue weighted by molar-refractivity contribution is 0.0298. The van der Waals surface area contributed by atoms with Crippen molar-refractivity contribution in [1.29, 1.82) is 0 Å². The molecule has 4 unspecified atom stereocenters. The summed E-state index contributed by atoms with van der Waals surface area (Å²) in [6.07, 6.45) is 5.23. The Hall–Kier alpha value is -1.89. The van der Waals surface area contributed by atoms with Crippen LogP contribution in [0, 0.1) is 17.8 Å². The Bertz CT molecular complexity index is 695. The summed E-state index contributed by atoms with van der Waals surface area (Å²) in [6, 6.07) is 1.77. The number of nitrogens with one attached hydrogen (secondary N) is 1. The van der Waals surface area contributed by atoms with Crippen LogP contribution in [0.15, 0.2) is 6.07 Å². The third-order valence-corrected chi connectivity index (χ3v) is 6.42. The first-order valence-corrected chi connectivity index (χ1v) is 9.75. The number of nitrogens with zero attached hydrogens (tertiary/aromatic N) is 3. The van der Waals surface area contributed by atoms with E-state index in [0.717, 1.165) is 11.8 Å². The molecule has 142 valence electrons. The van der Waals surface area contributed by atoms with Crippen LogP contribution in [-0.4, -0.2) is 58.8 Å². The molecule has 4 rings (SSSR count). The van der Waals surface area contributed by atoms with Crippen LogP contribution in [-0.2, 0) is 11.8 Å². The van der Waals surface area contributed by atoms with Gasteiger partial charge in [0.2, 0.25) is 0 Å². The maximum Gasteiger partial charge on any atom is 0.274 e. The number of ether oxygens (including phenoxy) is 1. The van der Waals surface area contributed by atoms with Gasteiger partial charge in [-0.2, -0.15) is 5.10 Å². The average molecular weight is 360 g/mol. The van der Waals surface area contributed by atoms with Gasteiger partial charge in [0.05, 0.1) is 13.2 Å². The number of morpholine rings is 1. The van der Waals surface area contributed by atoms with Crippen LogP contribution in [0.1, 0.15) is 53.6 Å². The summed E-state index contributed by atoms with van der Waals surface area (Å²) < 4.78 is 6.79. The number of carbonyl (C=O) groups excluding carboxylic acids is 2. The molecule has 3 aliphatic rings. The van der Waals surface area contributed by atoms with Gasteiger partial charge >= 0.3 is 0 Å². The van der Waals surface area contributed by atoms with Crippen LogP contribution < -0.4 is 5.32 Å². The Morgan fingerprint density at radius 2 is 2.04 bits per heavy atom. The van der Waals surface area contributed by atoms with Crippen LogP contribution in [0.3, 0.4) is 0 Å². The van der Waals surface area contributed by atoms with Crippen molar-refractivity contribution in [3.05, 3.63) is 17.5 Å². The van der Waals surface area contributed by atoms with Gasteiger partial charge in [0.1, 0.15) is 5.69 Å². The molecule has 2 heterocycles. The van der Waals surface area contributed by atoms with E-state index in [2.05, 4.69) is 17.3 Å². The molecule has 0 aromatic carbocycles. The van der Waals surface area contributed by atoms with Crippen LogP contribution in [0.2, 0.25) is 0 Å². The Balaban J connectivity index is 1.41. The summed E-state index contributed by atoms with van der Waals surface area (Å²) >= 11 is 0. The van der Waals surface area contributed by atoms with E-state index in [1.165, 1.54) is 30.4 Å². The summed E-state index contributed by atoms with van der Waals surface area (Å²) in [5.74, 6) is 1.93. The fourth-order valence-corrected chi connectivity index (χ4v) is 5.01. The van der Waals surface area contributed by atoms with Gasteiger partial charge in [0.25, 0.3) is 11.8 Å². The van der Waals surface area contributed by atoms with E-state index in [4.69, 9.17) is 4.74 Å². The van der Waals surface area contributed by atoms with Gasteiger partial charge in [-0.25, -0.2) is 0 Å². The number of carbonyl (C=O) groups is 2. The van der Waals surface area contributed by atoms with Crippen molar-refractivity contribution < 1.29 is 14.3 Å². The molecule has 1 aromatic heterocycles. The summed E-state index contributed by atoms with van der Waals surface area (Å²) in [6.45, 7) is 4.34. The summed E-state index contributed by atoms with van der Waals surface area (Å²) in [7, 11) is 1.72. The Kier molecular flexibility index (Phi) is 4.73. The SMILES string of the molecule is CC(NC(=O)c1cc(C(=O)N2CCOCC2)nn1C)C1CC2CCC1C2. The number of fused-ring (bicyclic) bond motifs is 2. The lowest BCUT2D eigenvalue weighted by Gasteiger charge is -2.28. The minimum atomic E-state index is -0.142. The van der Waals surface area contributed by atoms with E-state index in [1.54, 1.807) is 18.0 Å². The van der Waals surface area contributed by atoms with E-state index in [9.17, 15) is 9.59 Å². The fraction of sp³-hybridized carbons (Fsp3) is 0.737. The highest BCUT2D eigenvalue weighted by atomic mass is 16.5. The molecule has 1 aliphatic heterocycles. The normalized spacial score (nSPS) is 29.0. The Morgan fingerprint density at radius 1 is 1.27 bits per heavy atom. The molecule has 3 fully saturated rings. The average Bonchev–Trinajstić information content (AvgIpc) is 3.37. The first kappa shape index (κ1) is 17.5. The third kappa shape index (κ3) is 3.24. The standard InChI is InChI=1S/C19H28N4O3/c1-12(15-10-13-3-4-14(15)9-13)20-18(24)17-11-16(21-22(17)2)19(25)23-5-7-26-8-6-23/h11-15H,3-10H2,1-2H3,(H,20,24). The third-order valence-electron chi connectivity index (χ3n) is 6.42. The molecule has 2 bridgehead atoms. The molecule has 0 spiro atoms. The van der Waals surface area contributed by atoms with Crippen LogP contribution in [0.25, 0.3) is 0 Å². The molecule has 7 nitrogen and oxygen atoms in total. The van der Waals surface area contributed by atoms with Gasteiger partial charge in [-0.05, 0) is 43.9 Å². The van der Waals surface area contributed by atoms with E-state index < -0.39 is 0 Å². The van der Waals surface area contributed by atoms with Crippen LogP contribution in [0.5, 0.6) is 0 Å². The number of hydrogen-bond donors (Lipinski definition) is 1. The molecule has 0 radical (unpaired) electrons. The minimum Gasteiger partial charge on any atom is -0.378 e. The maximum absolute atomic E-state index is 12.7. The van der Waals surface area contributed by atoms with E-state index >= 15 is 0 Å². The second kappa shape index (κ2) is 7.02. The van der Waals surface area contributed by atoms with E-state index in [1.807, 2.05) is 0 Å². The summed E-state index contributed by atoms with van der Waals surface area (Å²) in [5, 5.41) is 7.42. The molecular weight excluding hydrogens is 332 g/mol. The van der Waals surface area contributed by atoms with Gasteiger partial charge in [0.15, 0.2) is 5.69 Å². The smallest absolute Gasteiger partial charge is 0.274 e. The molecule has 7 heteroatoms. The van der Waals surface area contributed by atoms with Gasteiger partial charge in [-0.15, -0.1) is 0 Å². The van der Waals surface area contributed by atoms with E-state index in [-0.39, 0.29) is 17.9 Å². The number of amides is 2. The molecule has 2 amide bonds. The zero-order valence-electron chi connectivity index (χ0n) is 15.6. The molecule has 4 atom stereocenters. The zero-order valence-corrected chi connectivity index (χ0v) is 15.6. The molecule has 26 heavy (non-hydrogen) atoms. The molecule has 1 saturated heterocycles. The van der Waals surface area contributed by atoms with Gasteiger partial charge in [-0.1, -0.05) is 6.42 Å². The monoisotopic (exact) mass is 360 g/mol. The number of hydrogen-bond acceptors (Lipinski definition) is 4. The highest BCUT2D eigenvalue weighted by Gasteiger charge is 2.42. The highest BCUT2D eigenvalue weighted by Crippen LogP contribution is 2.49. The van der Waals surface area contributed by atoms with Crippen molar-refractivity contribution in [2.75, 3.05) is 26.3 Å². The Labute approximate surface area is 154 Å². The topological polar surface area (TPSA) is 76.5 Å². The van der Waals surface area contributed by atoms with E-state index in [0.29, 0.717) is 43.6 Å². The molecule has 2 aliphatic carbocycles. The van der Waals surface area contributed by atoms with Gasteiger partial charge < -0.3 is 15.0 Å². The van der Waals surface area contributed by atoms with Crippen molar-refractivity contribution in [2.24, 2.45) is 24.8 Å². The predicted molar refractivity (Wildman–Crippen MR) is 95.8 cm³/mol. The van der Waals surface area contributed by atoms with Crippen molar-refractivity contribution in [2.45, 2.75) is 38.6 Å². The predicted octanol–water partition coefficient (Wildman–Crippen LogP) is 1.45. The van der Waals surface area contributed by atoms with Gasteiger partial charge in [-0.3, -0.25) is 14.3 Å². The highest BCUT2D eigenvalue weighted by molar-refractivity contribution is 5.98. The first-order valence-electron chi connectivity index (χ1n) is 9.75. The van der Waals surface area contributed by atoms with Crippen molar-refractivity contribution >= 4 is 11.8 Å². The lowest BCUT2D eigenvalue weighted by atomic mass is 9.84. The van der Waals surface area contributed by atoms with Crippen LogP contribution >= 0.6 is 0 Å². The number of rotatable bonds is 4. The maximum atomic E-state index is 12.7. The number of aryl methyl sites for hydroxylation is 1. The number of aromatic nitrogens is 2. The van der Waals surface area contributed by atoms with Crippen molar-refractivity contribution in [3.8, 4) is 0 Å². The Morgan fingerprint density at radius 3 is 2.69 bits per heavy atom. The molecular formula is C19H28N4O3. The molecule has 1 aromatic rings. The van der Waals surface area contributed by atoms with Gasteiger partial charge in [0, 0.05) is 32.2 Å². The largest absolute Gasteiger partial charge is 0.378 e. The molecule has 2 saturated carbocycles. The summed E-state index contributed by atoms with van der Waals surface area (Å²) in [4.78, 5) is 27.0. The van der Waals surface area contributed by atoms with Crippen LogP contribution in [0.4, 0.5) is 0 Å². The summed E-state index contributed by atoms with van der Waals surface area (Å²) in [5.41, 5.74) is 0.767. The second-order valence-electron chi connectivity index (χ2n) is 8.04. The first-order chi connectivity index (χ1) is 12.5. The zero-order chi connectivity index (χ0) is 18.3. The minimum absolute atomic E-state index is 0.135. The van der Waals surface area contributed by atoms with Crippen molar-refractivity contribution in [3.63, 3.8) is 0 Å².